The predicted octanol–water partition coefficient (Wildman–Crippen LogP) is 3.51. The van der Waals surface area contributed by atoms with E-state index >= 15 is 0 Å². The molecule has 0 unspecified atom stereocenters. The molecule has 0 aliphatic heterocycles. The average Bonchev–Trinajstić information content (AvgIpc) is 2.64. The van der Waals surface area contributed by atoms with E-state index in [4.69, 9.17) is 26.8 Å². The molecule has 0 bridgehead atoms. The van der Waals surface area contributed by atoms with E-state index in [2.05, 4.69) is 10.3 Å². The summed E-state index contributed by atoms with van der Waals surface area (Å²) >= 11 is 7.22. The smallest absolute Gasteiger partial charge is 0.251 e. The van der Waals surface area contributed by atoms with E-state index in [1.54, 1.807) is 12.1 Å². The zero-order valence-corrected chi connectivity index (χ0v) is 17.9. The molecule has 150 valence electrons. The summed E-state index contributed by atoms with van der Waals surface area (Å²) in [4.78, 5) is 28.7. The number of thioether (sulfide) groups is 1. The molecule has 0 aliphatic rings. The van der Waals surface area contributed by atoms with Crippen LogP contribution in [0.2, 0.25) is 5.02 Å². The molecule has 1 heterocycles. The Bertz CT molecular complexity index is 934. The Morgan fingerprint density at radius 1 is 1.14 bits per heavy atom. The molecular formula is C19H22ClN3O4S. The fourth-order valence-electron chi connectivity index (χ4n) is 2.58. The van der Waals surface area contributed by atoms with Crippen LogP contribution in [0.1, 0.15) is 27.2 Å². The number of primary amides is 1. The van der Waals surface area contributed by atoms with Crippen molar-refractivity contribution in [1.29, 1.82) is 0 Å². The van der Waals surface area contributed by atoms with Gasteiger partial charge in [-0.1, -0.05) is 23.4 Å². The molecule has 1 aromatic heterocycles. The monoisotopic (exact) mass is 423 g/mol. The third-order valence-electron chi connectivity index (χ3n) is 4.30. The van der Waals surface area contributed by atoms with Crippen molar-refractivity contribution in [3.05, 3.63) is 39.5 Å². The molecule has 0 saturated heterocycles. The number of nitrogens with zero attached hydrogens (tertiary/aromatic N) is 1. The molecule has 0 fully saturated rings. The van der Waals surface area contributed by atoms with E-state index < -0.39 is 5.91 Å². The first-order valence-electron chi connectivity index (χ1n) is 8.31. The van der Waals surface area contributed by atoms with Gasteiger partial charge in [-0.3, -0.25) is 9.59 Å². The number of amides is 2. The number of methoxy groups -OCH3 is 2. The van der Waals surface area contributed by atoms with Gasteiger partial charge in [-0.2, -0.15) is 0 Å². The molecule has 7 nitrogen and oxygen atoms in total. The first-order valence-corrected chi connectivity index (χ1v) is 9.67. The lowest BCUT2D eigenvalue weighted by molar-refractivity contribution is -0.113. The van der Waals surface area contributed by atoms with Gasteiger partial charge < -0.3 is 20.5 Å². The standard InChI is InChI=1S/C19H22ClN3O4S/c1-9-10(2)17(18(21)25)19(22-11(9)3)28-8-16(24)23-13-7-14(26-4)12(20)6-15(13)27-5/h6-7H,8H2,1-5H3,(H2,21,25)(H,23,24). The summed E-state index contributed by atoms with van der Waals surface area (Å²) < 4.78 is 10.4. The van der Waals surface area contributed by atoms with E-state index in [1.165, 1.54) is 14.2 Å². The van der Waals surface area contributed by atoms with Crippen molar-refractivity contribution < 1.29 is 19.1 Å². The number of nitrogens with two attached hydrogens (primary N) is 1. The molecule has 9 heteroatoms. The van der Waals surface area contributed by atoms with Crippen molar-refractivity contribution in [2.75, 3.05) is 25.3 Å². The highest BCUT2D eigenvalue weighted by atomic mass is 35.5. The second-order valence-corrected chi connectivity index (χ2v) is 7.39. The van der Waals surface area contributed by atoms with E-state index in [0.717, 1.165) is 28.6 Å². The first-order chi connectivity index (χ1) is 13.2. The normalized spacial score (nSPS) is 10.5. The lowest BCUT2D eigenvalue weighted by Gasteiger charge is -2.15. The van der Waals surface area contributed by atoms with E-state index in [-0.39, 0.29) is 11.7 Å². The summed E-state index contributed by atoms with van der Waals surface area (Å²) in [5.74, 6) is -0.0283. The molecule has 0 radical (unpaired) electrons. The van der Waals surface area contributed by atoms with Gasteiger partial charge in [-0.15, -0.1) is 0 Å². The third kappa shape index (κ3) is 4.69. The van der Waals surface area contributed by atoms with Crippen molar-refractivity contribution in [3.8, 4) is 11.5 Å². The number of rotatable bonds is 7. The second-order valence-electron chi connectivity index (χ2n) is 6.02. The van der Waals surface area contributed by atoms with Crippen LogP contribution in [-0.2, 0) is 4.79 Å². The largest absolute Gasteiger partial charge is 0.495 e. The molecule has 2 aromatic rings. The summed E-state index contributed by atoms with van der Waals surface area (Å²) in [7, 11) is 2.96. The van der Waals surface area contributed by atoms with E-state index in [9.17, 15) is 9.59 Å². The fraction of sp³-hybridized carbons (Fsp3) is 0.316. The quantitative estimate of drug-likeness (QED) is 0.660. The third-order valence-corrected chi connectivity index (χ3v) is 5.57. The summed E-state index contributed by atoms with van der Waals surface area (Å²) in [6.07, 6.45) is 0. The van der Waals surface area contributed by atoms with Crippen LogP contribution in [0.15, 0.2) is 17.2 Å². The van der Waals surface area contributed by atoms with Crippen molar-refractivity contribution in [2.45, 2.75) is 25.8 Å². The van der Waals surface area contributed by atoms with Crippen LogP contribution in [0, 0.1) is 20.8 Å². The van der Waals surface area contributed by atoms with Gasteiger partial charge in [0.1, 0.15) is 16.5 Å². The van der Waals surface area contributed by atoms with Crippen molar-refractivity contribution in [2.24, 2.45) is 5.73 Å². The number of hydrogen-bond acceptors (Lipinski definition) is 6. The summed E-state index contributed by atoms with van der Waals surface area (Å²) in [6, 6.07) is 3.14. The van der Waals surface area contributed by atoms with Gasteiger partial charge in [0.05, 0.1) is 36.2 Å². The number of aryl methyl sites for hydroxylation is 1. The van der Waals surface area contributed by atoms with Gasteiger partial charge in [0, 0.05) is 17.8 Å². The van der Waals surface area contributed by atoms with Crippen LogP contribution in [-0.4, -0.2) is 36.8 Å². The molecule has 28 heavy (non-hydrogen) atoms. The maximum absolute atomic E-state index is 12.5. The lowest BCUT2D eigenvalue weighted by atomic mass is 10.0. The zero-order valence-electron chi connectivity index (χ0n) is 16.3. The minimum atomic E-state index is -0.569. The number of nitrogens with one attached hydrogen (secondary N) is 1. The van der Waals surface area contributed by atoms with Gasteiger partial charge in [-0.05, 0) is 31.9 Å². The number of hydrogen-bond donors (Lipinski definition) is 2. The summed E-state index contributed by atoms with van der Waals surface area (Å²) in [5.41, 5.74) is 8.74. The number of benzene rings is 1. The number of halogens is 1. The molecule has 0 spiro atoms. The Labute approximate surface area is 172 Å². The molecule has 0 saturated carbocycles. The number of carbonyl (C=O) groups is 2. The number of aromatic nitrogens is 1. The molecule has 2 amide bonds. The number of carbonyl (C=O) groups excluding carboxylic acids is 2. The molecule has 0 aliphatic carbocycles. The lowest BCUT2D eigenvalue weighted by Crippen LogP contribution is -2.19. The number of ether oxygens (including phenoxy) is 2. The van der Waals surface area contributed by atoms with Crippen molar-refractivity contribution in [1.82, 2.24) is 4.98 Å². The SMILES string of the molecule is COc1cc(NC(=O)CSc2nc(C)c(C)c(C)c2C(N)=O)c(OC)cc1Cl. The average molecular weight is 424 g/mol. The molecule has 3 N–H and O–H groups in total. The van der Waals surface area contributed by atoms with E-state index in [1.807, 2.05) is 20.8 Å². The van der Waals surface area contributed by atoms with Crippen LogP contribution in [0.4, 0.5) is 5.69 Å². The predicted molar refractivity (Wildman–Crippen MR) is 111 cm³/mol. The van der Waals surface area contributed by atoms with Gasteiger partial charge in [0.2, 0.25) is 5.91 Å². The Kier molecular flexibility index (Phi) is 7.15. The Balaban J connectivity index is 2.21. The molecular weight excluding hydrogens is 402 g/mol. The van der Waals surface area contributed by atoms with Gasteiger partial charge in [-0.25, -0.2) is 4.98 Å². The van der Waals surface area contributed by atoms with Crippen LogP contribution >= 0.6 is 23.4 Å². The Morgan fingerprint density at radius 3 is 2.36 bits per heavy atom. The highest BCUT2D eigenvalue weighted by Crippen LogP contribution is 2.36. The van der Waals surface area contributed by atoms with Gasteiger partial charge in [0.25, 0.3) is 5.91 Å². The van der Waals surface area contributed by atoms with Crippen molar-refractivity contribution >= 4 is 40.9 Å². The van der Waals surface area contributed by atoms with Crippen LogP contribution < -0.4 is 20.5 Å². The highest BCUT2D eigenvalue weighted by Gasteiger charge is 2.19. The molecule has 0 atom stereocenters. The first kappa shape index (κ1) is 21.8. The second kappa shape index (κ2) is 9.16. The summed E-state index contributed by atoms with van der Waals surface area (Å²) in [5, 5.41) is 3.56. The molecule has 2 rings (SSSR count). The zero-order chi connectivity index (χ0) is 21.0. The van der Waals surface area contributed by atoms with Gasteiger partial charge in [0.15, 0.2) is 0 Å². The van der Waals surface area contributed by atoms with Crippen molar-refractivity contribution in [3.63, 3.8) is 0 Å². The molecule has 1 aromatic carbocycles. The van der Waals surface area contributed by atoms with Crippen LogP contribution in [0.3, 0.4) is 0 Å². The Morgan fingerprint density at radius 2 is 1.79 bits per heavy atom. The van der Waals surface area contributed by atoms with Crippen LogP contribution in [0.5, 0.6) is 11.5 Å². The topological polar surface area (TPSA) is 104 Å². The maximum atomic E-state index is 12.5. The minimum Gasteiger partial charge on any atom is -0.495 e. The fourth-order valence-corrected chi connectivity index (χ4v) is 3.75. The highest BCUT2D eigenvalue weighted by molar-refractivity contribution is 8.00. The maximum Gasteiger partial charge on any atom is 0.251 e. The van der Waals surface area contributed by atoms with Crippen LogP contribution in [0.25, 0.3) is 0 Å². The van der Waals surface area contributed by atoms with Gasteiger partial charge >= 0.3 is 0 Å². The summed E-state index contributed by atoms with van der Waals surface area (Å²) in [6.45, 7) is 5.55. The van der Waals surface area contributed by atoms with E-state index in [0.29, 0.717) is 32.8 Å². The Hall–Kier alpha value is -2.45. The number of anilines is 1. The minimum absolute atomic E-state index is 0.0311. The number of pyridine rings is 1.